The van der Waals surface area contributed by atoms with Crippen molar-refractivity contribution in [3.63, 3.8) is 0 Å². The Labute approximate surface area is 116 Å². The topological polar surface area (TPSA) is 80.4 Å². The Bertz CT molecular complexity index is 585. The van der Waals surface area contributed by atoms with Gasteiger partial charge in [0.1, 0.15) is 5.75 Å². The molecule has 106 valence electrons. The number of hydrogen-bond acceptors (Lipinski definition) is 6. The van der Waals surface area contributed by atoms with Crippen molar-refractivity contribution in [3.8, 4) is 17.1 Å². The van der Waals surface area contributed by atoms with Crippen LogP contribution in [0.25, 0.3) is 11.4 Å². The van der Waals surface area contributed by atoms with Crippen LogP contribution in [-0.4, -0.2) is 34.5 Å². The first-order valence-electron chi connectivity index (χ1n) is 6.74. The molecule has 0 bridgehead atoms. The summed E-state index contributed by atoms with van der Waals surface area (Å²) in [5.41, 5.74) is 0.851. The van der Waals surface area contributed by atoms with Gasteiger partial charge in [0.2, 0.25) is 11.7 Å². The van der Waals surface area contributed by atoms with Crippen molar-refractivity contribution in [1.82, 2.24) is 15.5 Å². The first-order valence-corrected chi connectivity index (χ1v) is 6.74. The molecule has 0 amide bonds. The van der Waals surface area contributed by atoms with Crippen LogP contribution in [0.4, 0.5) is 0 Å². The zero-order chi connectivity index (χ0) is 13.9. The number of aromatic nitrogens is 2. The van der Waals surface area contributed by atoms with E-state index in [9.17, 15) is 5.11 Å². The molecule has 3 rings (SSSR count). The van der Waals surface area contributed by atoms with Gasteiger partial charge in [-0.25, -0.2) is 0 Å². The van der Waals surface area contributed by atoms with Gasteiger partial charge in [-0.15, -0.1) is 0 Å². The molecule has 2 aromatic rings. The van der Waals surface area contributed by atoms with Crippen molar-refractivity contribution in [2.24, 2.45) is 0 Å². The quantitative estimate of drug-likeness (QED) is 0.880. The van der Waals surface area contributed by atoms with E-state index in [1.807, 2.05) is 31.2 Å². The number of aliphatic hydroxyl groups excluding tert-OH is 1. The van der Waals surface area contributed by atoms with Gasteiger partial charge in [-0.3, -0.25) is 0 Å². The zero-order valence-electron chi connectivity index (χ0n) is 11.2. The largest absolute Gasteiger partial charge is 0.494 e. The van der Waals surface area contributed by atoms with Crippen molar-refractivity contribution in [3.05, 3.63) is 30.2 Å². The molecule has 2 N–H and O–H groups in total. The number of nitrogens with one attached hydrogen (secondary N) is 1. The van der Waals surface area contributed by atoms with E-state index >= 15 is 0 Å². The Morgan fingerprint density at radius 3 is 3.15 bits per heavy atom. The Kier molecular flexibility index (Phi) is 3.66. The molecule has 2 atom stereocenters. The molecular formula is C14H17N3O3. The maximum Gasteiger partial charge on any atom is 0.244 e. The number of aliphatic hydroxyl groups is 1. The van der Waals surface area contributed by atoms with E-state index in [-0.39, 0.29) is 12.1 Å². The molecule has 6 heteroatoms. The Morgan fingerprint density at radius 2 is 2.40 bits per heavy atom. The highest BCUT2D eigenvalue weighted by molar-refractivity contribution is 5.56. The van der Waals surface area contributed by atoms with Crippen molar-refractivity contribution in [2.75, 3.05) is 13.2 Å². The molecule has 2 heterocycles. The molecule has 1 fully saturated rings. The number of rotatable bonds is 4. The van der Waals surface area contributed by atoms with Crippen molar-refractivity contribution < 1.29 is 14.4 Å². The second kappa shape index (κ2) is 5.60. The van der Waals surface area contributed by atoms with Crippen LogP contribution < -0.4 is 10.1 Å². The fourth-order valence-corrected chi connectivity index (χ4v) is 2.29. The average molecular weight is 275 g/mol. The lowest BCUT2D eigenvalue weighted by atomic mass is 10.2. The third-order valence-electron chi connectivity index (χ3n) is 3.25. The first-order chi connectivity index (χ1) is 9.76. The van der Waals surface area contributed by atoms with Gasteiger partial charge < -0.3 is 19.7 Å². The Morgan fingerprint density at radius 1 is 1.50 bits per heavy atom. The molecule has 0 spiro atoms. The minimum atomic E-state index is -0.350. The molecule has 0 saturated carbocycles. The van der Waals surface area contributed by atoms with Gasteiger partial charge in [-0.1, -0.05) is 17.3 Å². The predicted octanol–water partition coefficient (Wildman–Crippen LogP) is 1.53. The van der Waals surface area contributed by atoms with Crippen LogP contribution in [0.15, 0.2) is 28.8 Å². The molecule has 0 radical (unpaired) electrons. The minimum Gasteiger partial charge on any atom is -0.494 e. The van der Waals surface area contributed by atoms with E-state index in [1.54, 1.807) is 0 Å². The van der Waals surface area contributed by atoms with Gasteiger partial charge in [-0.05, 0) is 25.5 Å². The molecule has 1 aromatic carbocycles. The lowest BCUT2D eigenvalue weighted by Gasteiger charge is -2.03. The van der Waals surface area contributed by atoms with Gasteiger partial charge >= 0.3 is 0 Å². The summed E-state index contributed by atoms with van der Waals surface area (Å²) in [6.45, 7) is 3.11. The van der Waals surface area contributed by atoms with Crippen LogP contribution in [0.2, 0.25) is 0 Å². The summed E-state index contributed by atoms with van der Waals surface area (Å²) in [6.07, 6.45) is 0.247. The summed E-state index contributed by atoms with van der Waals surface area (Å²) in [6, 6.07) is 7.52. The molecule has 1 saturated heterocycles. The SMILES string of the molecule is CCOc1cccc(-c2noc(C3CC(O)CN3)n2)c1. The number of nitrogens with zero attached hydrogens (tertiary/aromatic N) is 2. The number of hydrogen-bond donors (Lipinski definition) is 2. The standard InChI is InChI=1S/C14H17N3O3/c1-2-19-11-5-3-4-9(6-11)13-16-14(20-17-13)12-7-10(18)8-15-12/h3-6,10,12,15,18H,2,7-8H2,1H3. The molecular weight excluding hydrogens is 258 g/mol. The lowest BCUT2D eigenvalue weighted by molar-refractivity contribution is 0.191. The summed E-state index contributed by atoms with van der Waals surface area (Å²) in [7, 11) is 0. The predicted molar refractivity (Wildman–Crippen MR) is 72.3 cm³/mol. The fourth-order valence-electron chi connectivity index (χ4n) is 2.29. The van der Waals surface area contributed by atoms with E-state index in [4.69, 9.17) is 9.26 Å². The molecule has 6 nitrogen and oxygen atoms in total. The van der Waals surface area contributed by atoms with E-state index in [0.29, 0.717) is 31.3 Å². The first kappa shape index (κ1) is 13.1. The molecule has 1 aliphatic rings. The van der Waals surface area contributed by atoms with Crippen molar-refractivity contribution in [1.29, 1.82) is 0 Å². The summed E-state index contributed by atoms with van der Waals surface area (Å²) in [5, 5.41) is 16.7. The lowest BCUT2D eigenvalue weighted by Crippen LogP contribution is -2.15. The summed E-state index contributed by atoms with van der Waals surface area (Å²) < 4.78 is 10.7. The molecule has 0 aliphatic carbocycles. The maximum atomic E-state index is 9.51. The molecule has 20 heavy (non-hydrogen) atoms. The Hall–Kier alpha value is -1.92. The van der Waals surface area contributed by atoms with Crippen LogP contribution >= 0.6 is 0 Å². The second-order valence-corrected chi connectivity index (χ2v) is 4.77. The third-order valence-corrected chi connectivity index (χ3v) is 3.25. The highest BCUT2D eigenvalue weighted by Crippen LogP contribution is 2.26. The molecule has 1 aromatic heterocycles. The smallest absolute Gasteiger partial charge is 0.244 e. The third kappa shape index (κ3) is 2.66. The van der Waals surface area contributed by atoms with Crippen LogP contribution in [-0.2, 0) is 0 Å². The highest BCUT2D eigenvalue weighted by Gasteiger charge is 2.28. The monoisotopic (exact) mass is 275 g/mol. The van der Waals surface area contributed by atoms with Gasteiger partial charge in [0.05, 0.1) is 18.8 Å². The van der Waals surface area contributed by atoms with Crippen LogP contribution in [0, 0.1) is 0 Å². The number of β-amino-alcohol motifs (C(OH)–C–C–N with tert-alkyl or cyclic N) is 1. The van der Waals surface area contributed by atoms with Gasteiger partial charge in [0.15, 0.2) is 0 Å². The normalized spacial score (nSPS) is 22.1. The van der Waals surface area contributed by atoms with Gasteiger partial charge in [-0.2, -0.15) is 4.98 Å². The number of ether oxygens (including phenoxy) is 1. The Balaban J connectivity index is 1.81. The highest BCUT2D eigenvalue weighted by atomic mass is 16.5. The van der Waals surface area contributed by atoms with Gasteiger partial charge in [0, 0.05) is 12.1 Å². The minimum absolute atomic E-state index is 0.0682. The second-order valence-electron chi connectivity index (χ2n) is 4.77. The van der Waals surface area contributed by atoms with Crippen LogP contribution in [0.3, 0.4) is 0 Å². The molecule has 2 unspecified atom stereocenters. The molecule has 1 aliphatic heterocycles. The van der Waals surface area contributed by atoms with Crippen molar-refractivity contribution in [2.45, 2.75) is 25.5 Å². The van der Waals surface area contributed by atoms with Crippen molar-refractivity contribution >= 4 is 0 Å². The summed E-state index contributed by atoms with van der Waals surface area (Å²) >= 11 is 0. The summed E-state index contributed by atoms with van der Waals surface area (Å²) in [5.74, 6) is 1.83. The van der Waals surface area contributed by atoms with E-state index < -0.39 is 0 Å². The van der Waals surface area contributed by atoms with Gasteiger partial charge in [0.25, 0.3) is 0 Å². The van der Waals surface area contributed by atoms with E-state index in [2.05, 4.69) is 15.5 Å². The van der Waals surface area contributed by atoms with Crippen LogP contribution in [0.1, 0.15) is 25.3 Å². The van der Waals surface area contributed by atoms with E-state index in [1.165, 1.54) is 0 Å². The van der Waals surface area contributed by atoms with Crippen LogP contribution in [0.5, 0.6) is 5.75 Å². The van der Waals surface area contributed by atoms with E-state index in [0.717, 1.165) is 11.3 Å². The average Bonchev–Trinajstić information content (AvgIpc) is 3.08. The fraction of sp³-hybridized carbons (Fsp3) is 0.429. The zero-order valence-corrected chi connectivity index (χ0v) is 11.2. The summed E-state index contributed by atoms with van der Waals surface area (Å²) in [4.78, 5) is 4.39. The maximum absolute atomic E-state index is 9.51. The number of benzene rings is 1.